The van der Waals surface area contributed by atoms with E-state index in [0.717, 1.165) is 32.1 Å². The van der Waals surface area contributed by atoms with Crippen LogP contribution < -0.4 is 5.32 Å². The van der Waals surface area contributed by atoms with E-state index in [1.54, 1.807) is 0 Å². The van der Waals surface area contributed by atoms with E-state index in [1.165, 1.54) is 0 Å². The minimum absolute atomic E-state index is 0.189. The van der Waals surface area contributed by atoms with Crippen LogP contribution in [0.25, 0.3) is 0 Å². The molecule has 0 bridgehead atoms. The maximum absolute atomic E-state index is 12.5. The molecule has 0 spiro atoms. The van der Waals surface area contributed by atoms with E-state index in [0.29, 0.717) is 31.3 Å². The minimum atomic E-state index is -1.04. The fourth-order valence-electron chi connectivity index (χ4n) is 3.00. The lowest BCUT2D eigenvalue weighted by molar-refractivity contribution is -0.146. The number of nitrogens with zero attached hydrogens (tertiary/aromatic N) is 1. The number of rotatable bonds is 5. The average Bonchev–Trinajstić information content (AvgIpc) is 3.20. The molecule has 2 aliphatic rings. The number of nitrogens with one attached hydrogen (secondary N) is 1. The van der Waals surface area contributed by atoms with Crippen LogP contribution in [0.2, 0.25) is 0 Å². The van der Waals surface area contributed by atoms with Gasteiger partial charge in [0.15, 0.2) is 0 Å². The summed E-state index contributed by atoms with van der Waals surface area (Å²) in [7, 11) is 0. The van der Waals surface area contributed by atoms with Gasteiger partial charge in [-0.25, -0.2) is 9.59 Å². The molecule has 20 heavy (non-hydrogen) atoms. The lowest BCUT2D eigenvalue weighted by Crippen LogP contribution is -2.59. The molecule has 2 rings (SSSR count). The molecule has 2 saturated carbocycles. The zero-order valence-electron chi connectivity index (χ0n) is 12.5. The van der Waals surface area contributed by atoms with Crippen molar-refractivity contribution in [1.82, 2.24) is 10.2 Å². The van der Waals surface area contributed by atoms with Gasteiger partial charge in [-0.15, -0.1) is 0 Å². The van der Waals surface area contributed by atoms with Crippen LogP contribution in [0.3, 0.4) is 0 Å². The summed E-state index contributed by atoms with van der Waals surface area (Å²) in [6.07, 6.45) is 5.99. The number of carbonyl (C=O) groups is 2. The predicted molar refractivity (Wildman–Crippen MR) is 76.5 cm³/mol. The highest BCUT2D eigenvalue weighted by Gasteiger charge is 2.43. The number of amides is 2. The van der Waals surface area contributed by atoms with E-state index < -0.39 is 11.5 Å². The lowest BCUT2D eigenvalue weighted by atomic mass is 9.82. The smallest absolute Gasteiger partial charge is 0.329 e. The highest BCUT2D eigenvalue weighted by atomic mass is 16.4. The van der Waals surface area contributed by atoms with Gasteiger partial charge in [-0.1, -0.05) is 33.1 Å². The SMILES string of the molecule is CC(C)CN(C(=O)NC1(C(=O)O)CCCCC1)C1CC1. The van der Waals surface area contributed by atoms with Crippen molar-refractivity contribution in [2.24, 2.45) is 5.92 Å². The largest absolute Gasteiger partial charge is 0.480 e. The summed E-state index contributed by atoms with van der Waals surface area (Å²) in [5.41, 5.74) is -1.04. The van der Waals surface area contributed by atoms with Crippen molar-refractivity contribution in [3.05, 3.63) is 0 Å². The average molecular weight is 282 g/mol. The fourth-order valence-corrected chi connectivity index (χ4v) is 3.00. The fraction of sp³-hybridized carbons (Fsp3) is 0.867. The molecule has 0 aromatic heterocycles. The maximum Gasteiger partial charge on any atom is 0.329 e. The van der Waals surface area contributed by atoms with Crippen LogP contribution >= 0.6 is 0 Å². The molecule has 0 atom stereocenters. The molecule has 2 aliphatic carbocycles. The van der Waals surface area contributed by atoms with Crippen LogP contribution in [0, 0.1) is 5.92 Å². The van der Waals surface area contributed by atoms with Crippen LogP contribution in [0.4, 0.5) is 4.79 Å². The van der Waals surface area contributed by atoms with E-state index >= 15 is 0 Å². The second kappa shape index (κ2) is 6.02. The van der Waals surface area contributed by atoms with Gasteiger partial charge in [0.2, 0.25) is 0 Å². The molecule has 0 aromatic rings. The second-order valence-corrected chi connectivity index (χ2v) is 6.66. The van der Waals surface area contributed by atoms with Crippen molar-refractivity contribution in [1.29, 1.82) is 0 Å². The van der Waals surface area contributed by atoms with Crippen molar-refractivity contribution in [3.63, 3.8) is 0 Å². The molecule has 2 amide bonds. The number of carbonyl (C=O) groups excluding carboxylic acids is 1. The van der Waals surface area contributed by atoms with Gasteiger partial charge >= 0.3 is 12.0 Å². The Bertz CT molecular complexity index is 371. The summed E-state index contributed by atoms with van der Waals surface area (Å²) >= 11 is 0. The first kappa shape index (κ1) is 15.1. The van der Waals surface area contributed by atoms with Crippen molar-refractivity contribution in [2.75, 3.05) is 6.54 Å². The summed E-state index contributed by atoms with van der Waals surface area (Å²) in [6, 6.07) is 0.123. The van der Waals surface area contributed by atoms with E-state index in [1.807, 2.05) is 4.90 Å². The topological polar surface area (TPSA) is 69.6 Å². The number of urea groups is 1. The molecule has 0 radical (unpaired) electrons. The molecule has 0 saturated heterocycles. The first-order valence-electron chi connectivity index (χ1n) is 7.77. The Hall–Kier alpha value is -1.26. The molecular formula is C15H26N2O3. The molecule has 0 aliphatic heterocycles. The van der Waals surface area contributed by atoms with Gasteiger partial charge in [0.05, 0.1) is 0 Å². The van der Waals surface area contributed by atoms with E-state index in [9.17, 15) is 14.7 Å². The molecule has 2 fully saturated rings. The standard InChI is InChI=1S/C15H26N2O3/c1-11(2)10-17(12-6-7-12)14(20)16-15(13(18)19)8-4-3-5-9-15/h11-12H,3-10H2,1-2H3,(H,16,20)(H,18,19). The third-order valence-electron chi connectivity index (χ3n) is 4.27. The molecule has 0 heterocycles. The first-order valence-corrected chi connectivity index (χ1v) is 7.77. The number of aliphatic carboxylic acids is 1. The molecule has 5 nitrogen and oxygen atoms in total. The van der Waals surface area contributed by atoms with Crippen LogP contribution in [0.15, 0.2) is 0 Å². The first-order chi connectivity index (χ1) is 9.44. The Morgan fingerprint density at radius 1 is 1.25 bits per heavy atom. The van der Waals surface area contributed by atoms with Crippen molar-refractivity contribution >= 4 is 12.0 Å². The quantitative estimate of drug-likeness (QED) is 0.814. The zero-order chi connectivity index (χ0) is 14.8. The third kappa shape index (κ3) is 3.44. The van der Waals surface area contributed by atoms with Gasteiger partial charge in [-0.3, -0.25) is 0 Å². The van der Waals surface area contributed by atoms with Gasteiger partial charge in [0.1, 0.15) is 5.54 Å². The van der Waals surface area contributed by atoms with Crippen LogP contribution in [-0.4, -0.2) is 40.1 Å². The molecule has 2 N–H and O–H groups in total. The molecule has 0 unspecified atom stereocenters. The molecular weight excluding hydrogens is 256 g/mol. The minimum Gasteiger partial charge on any atom is -0.480 e. The summed E-state index contributed by atoms with van der Waals surface area (Å²) in [4.78, 5) is 25.9. The molecule has 5 heteroatoms. The van der Waals surface area contributed by atoms with Crippen LogP contribution in [-0.2, 0) is 4.79 Å². The van der Waals surface area contributed by atoms with Crippen LogP contribution in [0.1, 0.15) is 58.8 Å². The third-order valence-corrected chi connectivity index (χ3v) is 4.27. The Morgan fingerprint density at radius 3 is 2.30 bits per heavy atom. The second-order valence-electron chi connectivity index (χ2n) is 6.66. The van der Waals surface area contributed by atoms with Gasteiger partial charge in [0, 0.05) is 12.6 Å². The monoisotopic (exact) mass is 282 g/mol. The van der Waals surface area contributed by atoms with Crippen molar-refractivity contribution < 1.29 is 14.7 Å². The Balaban J connectivity index is 2.04. The van der Waals surface area contributed by atoms with Gasteiger partial charge in [-0.2, -0.15) is 0 Å². The normalized spacial score (nSPS) is 21.6. The summed E-state index contributed by atoms with van der Waals surface area (Å²) in [6.45, 7) is 4.86. The maximum atomic E-state index is 12.5. The van der Waals surface area contributed by atoms with E-state index in [2.05, 4.69) is 19.2 Å². The predicted octanol–water partition coefficient (Wildman–Crippen LogP) is 2.60. The van der Waals surface area contributed by atoms with Crippen LogP contribution in [0.5, 0.6) is 0 Å². The zero-order valence-corrected chi connectivity index (χ0v) is 12.5. The lowest BCUT2D eigenvalue weighted by Gasteiger charge is -2.36. The number of carboxylic acid groups (broad SMARTS) is 1. The highest BCUT2D eigenvalue weighted by Crippen LogP contribution is 2.31. The highest BCUT2D eigenvalue weighted by molar-refractivity contribution is 5.86. The van der Waals surface area contributed by atoms with Crippen molar-refractivity contribution in [3.8, 4) is 0 Å². The number of carboxylic acids is 1. The van der Waals surface area contributed by atoms with Gasteiger partial charge in [0.25, 0.3) is 0 Å². The summed E-state index contributed by atoms with van der Waals surface area (Å²) in [5.74, 6) is -0.487. The molecule has 0 aromatic carbocycles. The van der Waals surface area contributed by atoms with Crippen molar-refractivity contribution in [2.45, 2.75) is 70.4 Å². The number of hydrogen-bond donors (Lipinski definition) is 2. The summed E-state index contributed by atoms with van der Waals surface area (Å²) < 4.78 is 0. The van der Waals surface area contributed by atoms with E-state index in [-0.39, 0.29) is 6.03 Å². The summed E-state index contributed by atoms with van der Waals surface area (Å²) in [5, 5.41) is 12.4. The van der Waals surface area contributed by atoms with E-state index in [4.69, 9.17) is 0 Å². The Kier molecular flexibility index (Phi) is 4.55. The van der Waals surface area contributed by atoms with Gasteiger partial charge in [-0.05, 0) is 31.6 Å². The molecule has 114 valence electrons. The Labute approximate surface area is 120 Å². The van der Waals surface area contributed by atoms with Gasteiger partial charge < -0.3 is 15.3 Å². The Morgan fingerprint density at radius 2 is 1.85 bits per heavy atom. The number of hydrogen-bond acceptors (Lipinski definition) is 2.